The summed E-state index contributed by atoms with van der Waals surface area (Å²) in [6.45, 7) is 2.18. The number of nitrogens with two attached hydrogens (primary N) is 1. The smallest absolute Gasteiger partial charge is 0.306 e. The second-order valence-corrected chi connectivity index (χ2v) is 5.68. The summed E-state index contributed by atoms with van der Waals surface area (Å²) in [7, 11) is 0. The maximum atomic E-state index is 12.0. The maximum Gasteiger partial charge on any atom is 0.306 e. The van der Waals surface area contributed by atoms with Crippen LogP contribution in [0, 0.1) is 5.92 Å². The van der Waals surface area contributed by atoms with E-state index in [9.17, 15) is 4.79 Å². The largest absolute Gasteiger partial charge is 0.462 e. The molecule has 0 heterocycles. The third-order valence-electron chi connectivity index (χ3n) is 4.30. The molecule has 0 aliphatic heterocycles. The van der Waals surface area contributed by atoms with Crippen molar-refractivity contribution in [2.75, 3.05) is 5.73 Å². The van der Waals surface area contributed by atoms with Crippen molar-refractivity contribution in [3.63, 3.8) is 0 Å². The van der Waals surface area contributed by atoms with Crippen molar-refractivity contribution in [3.8, 4) is 0 Å². The Morgan fingerprint density at radius 3 is 2.80 bits per heavy atom. The molecular formula is C17H25NO2. The highest BCUT2D eigenvalue weighted by Crippen LogP contribution is 2.29. The van der Waals surface area contributed by atoms with E-state index in [4.69, 9.17) is 10.5 Å². The number of esters is 1. The summed E-state index contributed by atoms with van der Waals surface area (Å²) < 4.78 is 5.68. The molecular weight excluding hydrogens is 250 g/mol. The molecule has 0 aromatic heterocycles. The Balaban J connectivity index is 1.82. The molecule has 0 radical (unpaired) electrons. The van der Waals surface area contributed by atoms with Gasteiger partial charge in [0.2, 0.25) is 0 Å². The third kappa shape index (κ3) is 3.99. The average molecular weight is 275 g/mol. The fourth-order valence-electron chi connectivity index (χ4n) is 3.02. The van der Waals surface area contributed by atoms with Gasteiger partial charge < -0.3 is 10.5 Å². The predicted molar refractivity (Wildman–Crippen MR) is 81.3 cm³/mol. The van der Waals surface area contributed by atoms with E-state index in [-0.39, 0.29) is 12.1 Å². The van der Waals surface area contributed by atoms with Crippen LogP contribution in [0.1, 0.15) is 51.0 Å². The van der Waals surface area contributed by atoms with Crippen LogP contribution in [0.2, 0.25) is 0 Å². The first-order valence-corrected chi connectivity index (χ1v) is 7.73. The predicted octanol–water partition coefficient (Wildman–Crippen LogP) is 3.71. The molecule has 0 amide bonds. The Morgan fingerprint density at radius 1 is 1.30 bits per heavy atom. The van der Waals surface area contributed by atoms with E-state index >= 15 is 0 Å². The fraction of sp³-hybridized carbons (Fsp3) is 0.588. The lowest BCUT2D eigenvalue weighted by molar-refractivity contribution is -0.153. The zero-order chi connectivity index (χ0) is 14.4. The molecule has 1 aromatic rings. The van der Waals surface area contributed by atoms with E-state index in [1.165, 1.54) is 19.3 Å². The van der Waals surface area contributed by atoms with Crippen molar-refractivity contribution < 1.29 is 9.53 Å². The summed E-state index contributed by atoms with van der Waals surface area (Å²) in [5.41, 5.74) is 7.66. The van der Waals surface area contributed by atoms with Gasteiger partial charge in [-0.3, -0.25) is 4.79 Å². The van der Waals surface area contributed by atoms with Gasteiger partial charge >= 0.3 is 5.97 Å². The molecule has 2 unspecified atom stereocenters. The summed E-state index contributed by atoms with van der Waals surface area (Å²) in [4.78, 5) is 12.0. The van der Waals surface area contributed by atoms with E-state index in [0.717, 1.165) is 24.1 Å². The SMILES string of the molecule is CCC1CCCCC1OC(=O)CCc1ccccc1N. The zero-order valence-corrected chi connectivity index (χ0v) is 12.3. The first-order chi connectivity index (χ1) is 9.70. The van der Waals surface area contributed by atoms with E-state index in [2.05, 4.69) is 6.92 Å². The molecule has 20 heavy (non-hydrogen) atoms. The van der Waals surface area contributed by atoms with Crippen LogP contribution in [-0.4, -0.2) is 12.1 Å². The van der Waals surface area contributed by atoms with Crippen LogP contribution in [0.4, 0.5) is 5.69 Å². The molecule has 3 heteroatoms. The van der Waals surface area contributed by atoms with Crippen molar-refractivity contribution in [2.24, 2.45) is 5.92 Å². The number of rotatable bonds is 5. The molecule has 1 aromatic carbocycles. The van der Waals surface area contributed by atoms with Gasteiger partial charge in [0, 0.05) is 12.1 Å². The molecule has 0 bridgehead atoms. The first-order valence-electron chi connectivity index (χ1n) is 7.73. The topological polar surface area (TPSA) is 52.3 Å². The van der Waals surface area contributed by atoms with E-state index in [1.54, 1.807) is 0 Å². The van der Waals surface area contributed by atoms with Crippen molar-refractivity contribution in [3.05, 3.63) is 29.8 Å². The molecule has 2 rings (SSSR count). The Bertz CT molecular complexity index is 444. The Morgan fingerprint density at radius 2 is 2.05 bits per heavy atom. The van der Waals surface area contributed by atoms with E-state index in [0.29, 0.717) is 18.8 Å². The van der Waals surface area contributed by atoms with Gasteiger partial charge in [0.15, 0.2) is 0 Å². The number of anilines is 1. The van der Waals surface area contributed by atoms with Gasteiger partial charge in [-0.15, -0.1) is 0 Å². The second kappa shape index (κ2) is 7.32. The van der Waals surface area contributed by atoms with Crippen molar-refractivity contribution >= 4 is 11.7 Å². The standard InChI is InChI=1S/C17H25NO2/c1-2-13-7-4-6-10-16(13)20-17(19)12-11-14-8-3-5-9-15(14)18/h3,5,8-9,13,16H,2,4,6-7,10-12,18H2,1H3. The molecule has 3 nitrogen and oxygen atoms in total. The highest BCUT2D eigenvalue weighted by atomic mass is 16.5. The summed E-state index contributed by atoms with van der Waals surface area (Å²) in [6.07, 6.45) is 6.99. The molecule has 2 atom stereocenters. The van der Waals surface area contributed by atoms with E-state index < -0.39 is 0 Å². The number of hydrogen-bond donors (Lipinski definition) is 1. The highest BCUT2D eigenvalue weighted by molar-refractivity contribution is 5.70. The van der Waals surface area contributed by atoms with Crippen LogP contribution in [0.3, 0.4) is 0 Å². The van der Waals surface area contributed by atoms with E-state index in [1.807, 2.05) is 24.3 Å². The van der Waals surface area contributed by atoms with Crippen LogP contribution >= 0.6 is 0 Å². The minimum absolute atomic E-state index is 0.0846. The molecule has 110 valence electrons. The van der Waals surface area contributed by atoms with Crippen LogP contribution < -0.4 is 5.73 Å². The summed E-state index contributed by atoms with van der Waals surface area (Å²) in [5.74, 6) is 0.466. The van der Waals surface area contributed by atoms with Gasteiger partial charge in [-0.1, -0.05) is 31.5 Å². The summed E-state index contributed by atoms with van der Waals surface area (Å²) in [5, 5.41) is 0. The van der Waals surface area contributed by atoms with Gasteiger partial charge in [-0.05, 0) is 49.7 Å². The summed E-state index contributed by atoms with van der Waals surface area (Å²) in [6, 6.07) is 7.70. The van der Waals surface area contributed by atoms with Crippen molar-refractivity contribution in [2.45, 2.75) is 58.0 Å². The minimum Gasteiger partial charge on any atom is -0.462 e. The van der Waals surface area contributed by atoms with Gasteiger partial charge in [-0.25, -0.2) is 0 Å². The number of carbonyl (C=O) groups excluding carboxylic acids is 1. The van der Waals surface area contributed by atoms with Gasteiger partial charge in [0.25, 0.3) is 0 Å². The quantitative estimate of drug-likeness (QED) is 0.658. The molecule has 1 fully saturated rings. The highest BCUT2D eigenvalue weighted by Gasteiger charge is 2.26. The van der Waals surface area contributed by atoms with Crippen LogP contribution in [-0.2, 0) is 16.0 Å². The Kier molecular flexibility index (Phi) is 5.45. The molecule has 2 N–H and O–H groups in total. The van der Waals surface area contributed by atoms with Crippen LogP contribution in [0.25, 0.3) is 0 Å². The minimum atomic E-state index is -0.0846. The maximum absolute atomic E-state index is 12.0. The Hall–Kier alpha value is -1.51. The van der Waals surface area contributed by atoms with Crippen LogP contribution in [0.15, 0.2) is 24.3 Å². The summed E-state index contributed by atoms with van der Waals surface area (Å²) >= 11 is 0. The fourth-order valence-corrected chi connectivity index (χ4v) is 3.02. The second-order valence-electron chi connectivity index (χ2n) is 5.68. The van der Waals surface area contributed by atoms with Crippen molar-refractivity contribution in [1.82, 2.24) is 0 Å². The van der Waals surface area contributed by atoms with Gasteiger partial charge in [-0.2, -0.15) is 0 Å². The normalized spacial score (nSPS) is 22.4. The lowest BCUT2D eigenvalue weighted by atomic mass is 9.85. The number of ether oxygens (including phenoxy) is 1. The zero-order valence-electron chi connectivity index (χ0n) is 12.3. The monoisotopic (exact) mass is 275 g/mol. The molecule has 0 spiro atoms. The van der Waals surface area contributed by atoms with Gasteiger partial charge in [0.05, 0.1) is 0 Å². The molecule has 0 saturated heterocycles. The number of carbonyl (C=O) groups is 1. The first kappa shape index (κ1) is 14.9. The third-order valence-corrected chi connectivity index (χ3v) is 4.30. The number of hydrogen-bond acceptors (Lipinski definition) is 3. The molecule has 1 aliphatic rings. The van der Waals surface area contributed by atoms with Crippen molar-refractivity contribution in [1.29, 1.82) is 0 Å². The Labute approximate surface area is 121 Å². The lowest BCUT2D eigenvalue weighted by Gasteiger charge is -2.30. The number of aryl methyl sites for hydroxylation is 1. The van der Waals surface area contributed by atoms with Crippen LogP contribution in [0.5, 0.6) is 0 Å². The van der Waals surface area contributed by atoms with Gasteiger partial charge in [0.1, 0.15) is 6.10 Å². The number of nitrogen functional groups attached to an aromatic ring is 1. The number of benzene rings is 1. The molecule has 1 saturated carbocycles. The molecule has 1 aliphatic carbocycles. The number of para-hydroxylation sites is 1. The lowest BCUT2D eigenvalue weighted by Crippen LogP contribution is -2.29. The average Bonchev–Trinajstić information content (AvgIpc) is 2.47.